The third kappa shape index (κ3) is 4.19. The van der Waals surface area contributed by atoms with Crippen molar-refractivity contribution in [2.24, 2.45) is 17.8 Å². The van der Waals surface area contributed by atoms with Gasteiger partial charge < -0.3 is 20.0 Å². The number of rotatable bonds is 9. The van der Waals surface area contributed by atoms with Gasteiger partial charge in [0.15, 0.2) is 0 Å². The molecule has 2 aromatic rings. The lowest BCUT2D eigenvalue weighted by atomic mass is 9.66. The van der Waals surface area contributed by atoms with Crippen LogP contribution in [0.15, 0.2) is 61.2 Å². The maximum absolute atomic E-state index is 14.9. The van der Waals surface area contributed by atoms with Gasteiger partial charge in [-0.15, -0.1) is 18.3 Å². The number of aryl methyl sites for hydroxylation is 2. The molecule has 3 unspecified atom stereocenters. The molecule has 1 spiro atoms. The number of hydrogen-bond donors (Lipinski definition) is 2. The van der Waals surface area contributed by atoms with Crippen LogP contribution in [-0.4, -0.2) is 68.1 Å². The summed E-state index contributed by atoms with van der Waals surface area (Å²) in [6.45, 7) is 9.76. The van der Waals surface area contributed by atoms with E-state index in [2.05, 4.69) is 6.58 Å². The van der Waals surface area contributed by atoms with Gasteiger partial charge in [-0.2, -0.15) is 0 Å². The second-order valence-corrected chi connectivity index (χ2v) is 12.7. The van der Waals surface area contributed by atoms with Crippen molar-refractivity contribution in [3.63, 3.8) is 0 Å². The Morgan fingerprint density at radius 3 is 2.44 bits per heavy atom. The first-order valence-corrected chi connectivity index (χ1v) is 14.4. The summed E-state index contributed by atoms with van der Waals surface area (Å²) >= 11 is 1.51. The van der Waals surface area contributed by atoms with Gasteiger partial charge in [0.05, 0.1) is 29.2 Å². The topological polar surface area (TPSA) is 98.2 Å². The summed E-state index contributed by atoms with van der Waals surface area (Å²) < 4.78 is -0.887. The number of carbonyl (C=O) groups is 3. The first kappa shape index (κ1) is 27.5. The average molecular weight is 549 g/mol. The number of benzene rings is 2. The number of fused-ring (bicyclic) bond motifs is 1. The Morgan fingerprint density at radius 2 is 1.85 bits per heavy atom. The molecule has 7 nitrogen and oxygen atoms in total. The molecule has 0 radical (unpaired) electrons. The summed E-state index contributed by atoms with van der Waals surface area (Å²) in [5, 5.41) is 20.6. The molecule has 3 aliphatic rings. The van der Waals surface area contributed by atoms with E-state index >= 15 is 0 Å². The van der Waals surface area contributed by atoms with Crippen molar-refractivity contribution in [3.05, 3.63) is 77.9 Å². The highest BCUT2D eigenvalue weighted by molar-refractivity contribution is 8.02. The molecule has 3 aliphatic heterocycles. The molecule has 3 saturated heterocycles. The lowest BCUT2D eigenvalue weighted by molar-refractivity contribution is -0.149. The Kier molecular flexibility index (Phi) is 7.37. The molecule has 2 amide bonds. The number of aliphatic hydroxyl groups excluding tert-OH is 1. The van der Waals surface area contributed by atoms with E-state index in [1.54, 1.807) is 15.9 Å². The van der Waals surface area contributed by atoms with Gasteiger partial charge in [-0.05, 0) is 49.3 Å². The molecule has 39 heavy (non-hydrogen) atoms. The van der Waals surface area contributed by atoms with Gasteiger partial charge in [0.2, 0.25) is 5.91 Å². The maximum Gasteiger partial charge on any atom is 0.308 e. The van der Waals surface area contributed by atoms with E-state index in [1.807, 2.05) is 69.3 Å². The number of nitrogens with zero attached hydrogens (tertiary/aromatic N) is 2. The summed E-state index contributed by atoms with van der Waals surface area (Å²) in [6.07, 6.45) is 2.67. The predicted molar refractivity (Wildman–Crippen MR) is 153 cm³/mol. The number of aliphatic hydroxyl groups is 1. The smallest absolute Gasteiger partial charge is 0.308 e. The van der Waals surface area contributed by atoms with Crippen LogP contribution < -0.4 is 4.90 Å². The average Bonchev–Trinajstić information content (AvgIpc) is 3.50. The number of para-hydroxylation sites is 1. The molecule has 0 aromatic heterocycles. The number of aliphatic carboxylic acids is 1. The zero-order chi connectivity index (χ0) is 28.1. The Morgan fingerprint density at radius 1 is 1.18 bits per heavy atom. The molecule has 0 saturated carbocycles. The first-order valence-electron chi connectivity index (χ1n) is 13.5. The van der Waals surface area contributed by atoms with Gasteiger partial charge >= 0.3 is 5.97 Å². The van der Waals surface area contributed by atoms with Gasteiger partial charge in [-0.3, -0.25) is 14.4 Å². The minimum absolute atomic E-state index is 0.0457. The van der Waals surface area contributed by atoms with Crippen LogP contribution in [0.25, 0.3) is 0 Å². The lowest BCUT2D eigenvalue weighted by Gasteiger charge is -2.42. The van der Waals surface area contributed by atoms with Crippen LogP contribution in [0, 0.1) is 31.6 Å². The number of anilines is 1. The standard InChI is InChI=1S/C31H36N2O5S/c1-5-14-32(26-18(2)10-9-11-19(26)3)29(36)27-31-20(4)15-23(39-31)24(30(37)38)25(31)28(35)33(27)22(17-34)16-21-12-7-6-8-13-21/h5-13,20,22-25,27,34H,1,14-17H2,2-4H3,(H,37,38)/t20?,22-,23-,24+,25+,27?,31?/m1/s1. The maximum atomic E-state index is 14.9. The van der Waals surface area contributed by atoms with Crippen molar-refractivity contribution in [3.8, 4) is 0 Å². The van der Waals surface area contributed by atoms with E-state index < -0.39 is 34.6 Å². The van der Waals surface area contributed by atoms with Gasteiger partial charge in [0, 0.05) is 17.5 Å². The quantitative estimate of drug-likeness (QED) is 0.462. The summed E-state index contributed by atoms with van der Waals surface area (Å²) in [4.78, 5) is 45.0. The number of carboxylic acids is 1. The third-order valence-electron chi connectivity index (χ3n) is 8.91. The molecular weight excluding hydrogens is 512 g/mol. The molecule has 2 N–H and O–H groups in total. The van der Waals surface area contributed by atoms with E-state index in [1.165, 1.54) is 11.8 Å². The molecule has 8 heteroatoms. The van der Waals surface area contributed by atoms with Crippen LogP contribution in [-0.2, 0) is 20.8 Å². The van der Waals surface area contributed by atoms with Crippen molar-refractivity contribution >= 4 is 35.2 Å². The predicted octanol–water partition coefficient (Wildman–Crippen LogP) is 3.85. The molecule has 2 aromatic carbocycles. The third-order valence-corrected chi connectivity index (χ3v) is 11.0. The second-order valence-electron chi connectivity index (χ2n) is 11.1. The largest absolute Gasteiger partial charge is 0.481 e. The number of hydrogen-bond acceptors (Lipinski definition) is 5. The lowest BCUT2D eigenvalue weighted by Crippen LogP contribution is -2.59. The van der Waals surface area contributed by atoms with E-state index in [0.29, 0.717) is 12.8 Å². The van der Waals surface area contributed by atoms with E-state index in [4.69, 9.17) is 0 Å². The number of thioether (sulfide) groups is 1. The van der Waals surface area contributed by atoms with Crippen molar-refractivity contribution < 1.29 is 24.6 Å². The zero-order valence-corrected chi connectivity index (χ0v) is 23.4. The van der Waals surface area contributed by atoms with E-state index in [-0.39, 0.29) is 36.1 Å². The minimum Gasteiger partial charge on any atom is -0.481 e. The molecule has 2 bridgehead atoms. The zero-order valence-electron chi connectivity index (χ0n) is 22.6. The van der Waals surface area contributed by atoms with E-state index in [9.17, 15) is 24.6 Å². The highest BCUT2D eigenvalue weighted by Gasteiger charge is 2.77. The number of likely N-dealkylation sites (tertiary alicyclic amines) is 1. The fourth-order valence-corrected chi connectivity index (χ4v) is 9.75. The SMILES string of the molecule is C=CCN(C(=O)C1N([C@@H](CO)Cc2ccccc2)C(=O)[C@@H]2[C@@H](C(=O)O)[C@H]3CC(C)C12S3)c1c(C)cccc1C. The van der Waals surface area contributed by atoms with Crippen LogP contribution >= 0.6 is 11.8 Å². The van der Waals surface area contributed by atoms with Crippen LogP contribution in [0.3, 0.4) is 0 Å². The van der Waals surface area contributed by atoms with Crippen molar-refractivity contribution in [1.82, 2.24) is 4.90 Å². The fraction of sp³-hybridized carbons (Fsp3) is 0.452. The van der Waals surface area contributed by atoms with Crippen molar-refractivity contribution in [1.29, 1.82) is 0 Å². The molecule has 7 atom stereocenters. The van der Waals surface area contributed by atoms with Gasteiger partial charge in [0.1, 0.15) is 6.04 Å². The number of carboxylic acid groups (broad SMARTS) is 1. The van der Waals surface area contributed by atoms with E-state index in [0.717, 1.165) is 22.4 Å². The number of amides is 2. The molecule has 206 valence electrons. The summed E-state index contributed by atoms with van der Waals surface area (Å²) in [7, 11) is 0. The number of carbonyl (C=O) groups excluding carboxylic acids is 2. The van der Waals surface area contributed by atoms with Crippen LogP contribution in [0.4, 0.5) is 5.69 Å². The molecule has 3 fully saturated rings. The molecule has 3 heterocycles. The Labute approximate surface area is 233 Å². The highest BCUT2D eigenvalue weighted by atomic mass is 32.2. The van der Waals surface area contributed by atoms with Crippen LogP contribution in [0.2, 0.25) is 0 Å². The van der Waals surface area contributed by atoms with Gasteiger partial charge in [0.25, 0.3) is 5.91 Å². The second kappa shape index (κ2) is 10.5. The normalized spacial score (nSPS) is 29.8. The van der Waals surface area contributed by atoms with Gasteiger partial charge in [-0.1, -0.05) is 61.5 Å². The van der Waals surface area contributed by atoms with Crippen molar-refractivity contribution in [2.45, 2.75) is 55.7 Å². The Hall–Kier alpha value is -3.10. The minimum atomic E-state index is -0.992. The summed E-state index contributed by atoms with van der Waals surface area (Å²) in [5.41, 5.74) is 3.57. The highest BCUT2D eigenvalue weighted by Crippen LogP contribution is 2.69. The molecule has 0 aliphatic carbocycles. The van der Waals surface area contributed by atoms with Crippen molar-refractivity contribution in [2.75, 3.05) is 18.1 Å². The van der Waals surface area contributed by atoms with Gasteiger partial charge in [-0.25, -0.2) is 0 Å². The summed E-state index contributed by atoms with van der Waals surface area (Å²) in [6, 6.07) is 13.8. The Bertz CT molecular complexity index is 1280. The monoisotopic (exact) mass is 548 g/mol. The first-order chi connectivity index (χ1) is 18.7. The fourth-order valence-electron chi connectivity index (χ4n) is 7.35. The molecule has 5 rings (SSSR count). The summed E-state index contributed by atoms with van der Waals surface area (Å²) in [5.74, 6) is -3.30. The van der Waals surface area contributed by atoms with Crippen LogP contribution in [0.5, 0.6) is 0 Å². The Balaban J connectivity index is 1.67. The molecular formula is C31H36N2O5S. The van der Waals surface area contributed by atoms with Crippen LogP contribution in [0.1, 0.15) is 30.0 Å².